The fourth-order valence-electron chi connectivity index (χ4n) is 2.73. The highest BCUT2D eigenvalue weighted by atomic mass is 16.5. The Bertz CT molecular complexity index is 783. The zero-order valence-electron chi connectivity index (χ0n) is 14.9. The minimum Gasteiger partial charge on any atom is -0.478 e. The zero-order valence-corrected chi connectivity index (χ0v) is 14.9. The van der Waals surface area contributed by atoms with Crippen LogP contribution in [-0.4, -0.2) is 22.3 Å². The number of amides is 1. The van der Waals surface area contributed by atoms with E-state index in [1.165, 1.54) is 0 Å². The highest BCUT2D eigenvalue weighted by Crippen LogP contribution is 2.38. The first kappa shape index (κ1) is 17.4. The van der Waals surface area contributed by atoms with Crippen molar-refractivity contribution < 1.29 is 9.53 Å². The summed E-state index contributed by atoms with van der Waals surface area (Å²) in [4.78, 5) is 16.3. The Labute approximate surface area is 148 Å². The van der Waals surface area contributed by atoms with Gasteiger partial charge in [-0.1, -0.05) is 44.9 Å². The van der Waals surface area contributed by atoms with Crippen molar-refractivity contribution in [3.05, 3.63) is 48.0 Å². The number of ether oxygens (including phenoxy) is 1. The van der Waals surface area contributed by atoms with E-state index < -0.39 is 0 Å². The van der Waals surface area contributed by atoms with Crippen LogP contribution < -0.4 is 10.1 Å². The number of aromatic nitrogens is 2. The van der Waals surface area contributed by atoms with E-state index in [1.54, 1.807) is 16.9 Å². The van der Waals surface area contributed by atoms with Gasteiger partial charge in [0.25, 0.3) is 0 Å². The van der Waals surface area contributed by atoms with Crippen LogP contribution in [0, 0.1) is 11.8 Å². The third kappa shape index (κ3) is 4.56. The Morgan fingerprint density at radius 1 is 1.32 bits per heavy atom. The molecular formula is C20H25N3O2. The fourth-order valence-corrected chi connectivity index (χ4v) is 2.73. The van der Waals surface area contributed by atoms with Crippen molar-refractivity contribution >= 4 is 5.91 Å². The van der Waals surface area contributed by atoms with Crippen molar-refractivity contribution in [1.82, 2.24) is 9.78 Å². The minimum atomic E-state index is -0.0521. The van der Waals surface area contributed by atoms with Crippen LogP contribution in [-0.2, 0) is 4.79 Å². The lowest BCUT2D eigenvalue weighted by Gasteiger charge is -2.13. The third-order valence-corrected chi connectivity index (χ3v) is 4.45. The Kier molecular flexibility index (Phi) is 5.64. The second-order valence-electron chi connectivity index (χ2n) is 6.62. The number of carbonyl (C=O) groups excluding carboxylic acids is 1. The minimum absolute atomic E-state index is 0.0521. The van der Waals surface area contributed by atoms with Gasteiger partial charge >= 0.3 is 0 Å². The maximum atomic E-state index is 12.1. The van der Waals surface area contributed by atoms with E-state index in [0.29, 0.717) is 23.8 Å². The smallest absolute Gasteiger partial charge is 0.249 e. The molecule has 1 aliphatic carbocycles. The highest BCUT2D eigenvalue weighted by molar-refractivity contribution is 5.82. The molecule has 5 nitrogen and oxygen atoms in total. The molecule has 0 bridgehead atoms. The van der Waals surface area contributed by atoms with E-state index in [1.807, 2.05) is 30.3 Å². The monoisotopic (exact) mass is 339 g/mol. The lowest BCUT2D eigenvalue weighted by molar-refractivity contribution is -0.119. The summed E-state index contributed by atoms with van der Waals surface area (Å²) in [5.41, 5.74) is 0.918. The molecule has 0 radical (unpaired) electrons. The van der Waals surface area contributed by atoms with Gasteiger partial charge in [0, 0.05) is 12.0 Å². The number of benzene rings is 1. The molecule has 2 atom stereocenters. The number of hydrogen-bond acceptors (Lipinski definition) is 3. The van der Waals surface area contributed by atoms with Gasteiger partial charge in [0.15, 0.2) is 0 Å². The number of rotatable bonds is 7. The summed E-state index contributed by atoms with van der Waals surface area (Å²) in [5, 5.41) is 5.00. The summed E-state index contributed by atoms with van der Waals surface area (Å²) in [7, 11) is 0. The molecule has 1 fully saturated rings. The first-order valence-electron chi connectivity index (χ1n) is 9.05. The zero-order chi connectivity index (χ0) is 17.6. The summed E-state index contributed by atoms with van der Waals surface area (Å²) in [6, 6.07) is 11.6. The number of nitrogens with zero attached hydrogens (tertiary/aromatic N) is 3. The molecular weight excluding hydrogens is 314 g/mol. The lowest BCUT2D eigenvalue weighted by atomic mass is 10.3. The molecule has 1 aliphatic rings. The largest absolute Gasteiger partial charge is 0.478 e. The Balaban J connectivity index is 1.87. The van der Waals surface area contributed by atoms with Gasteiger partial charge in [-0.15, -0.1) is 0 Å². The average molecular weight is 339 g/mol. The van der Waals surface area contributed by atoms with E-state index >= 15 is 0 Å². The van der Waals surface area contributed by atoms with Gasteiger partial charge in [0.05, 0.1) is 23.8 Å². The molecule has 1 aromatic heterocycles. The second-order valence-corrected chi connectivity index (χ2v) is 6.62. The van der Waals surface area contributed by atoms with E-state index in [9.17, 15) is 4.79 Å². The lowest BCUT2D eigenvalue weighted by Crippen LogP contribution is -2.16. The number of carbonyl (C=O) groups is 1. The molecule has 0 spiro atoms. The fraction of sp³-hybridized carbons (Fsp3) is 0.450. The maximum absolute atomic E-state index is 12.1. The van der Waals surface area contributed by atoms with Crippen LogP contribution in [0.4, 0.5) is 0 Å². The molecule has 5 heteroatoms. The summed E-state index contributed by atoms with van der Waals surface area (Å²) in [6.07, 6.45) is 5.82. The van der Waals surface area contributed by atoms with E-state index in [0.717, 1.165) is 31.4 Å². The van der Waals surface area contributed by atoms with Crippen molar-refractivity contribution in [1.29, 1.82) is 0 Å². The Hall–Kier alpha value is -2.43. The van der Waals surface area contributed by atoms with Gasteiger partial charge in [-0.25, -0.2) is 9.67 Å². The molecule has 1 aromatic carbocycles. The van der Waals surface area contributed by atoms with Crippen LogP contribution in [0.3, 0.4) is 0 Å². The SMILES string of the molecule is CCCCCOc1c/c(=N\C(=O)C2CC2C)cnn1-c1ccccc1. The third-order valence-electron chi connectivity index (χ3n) is 4.45. The van der Waals surface area contributed by atoms with Crippen molar-refractivity contribution in [3.63, 3.8) is 0 Å². The van der Waals surface area contributed by atoms with Gasteiger partial charge in [-0.3, -0.25) is 4.79 Å². The molecule has 0 saturated heterocycles. The summed E-state index contributed by atoms with van der Waals surface area (Å²) < 4.78 is 7.69. The molecule has 2 unspecified atom stereocenters. The van der Waals surface area contributed by atoms with Gasteiger partial charge in [-0.05, 0) is 30.9 Å². The van der Waals surface area contributed by atoms with Crippen LogP contribution in [0.1, 0.15) is 39.5 Å². The summed E-state index contributed by atoms with van der Waals surface area (Å²) in [5.74, 6) is 1.09. The van der Waals surface area contributed by atoms with Crippen LogP contribution >= 0.6 is 0 Å². The van der Waals surface area contributed by atoms with Crippen LogP contribution in [0.25, 0.3) is 5.69 Å². The van der Waals surface area contributed by atoms with Crippen LogP contribution in [0.15, 0.2) is 47.6 Å². The van der Waals surface area contributed by atoms with Gasteiger partial charge in [0.1, 0.15) is 0 Å². The Morgan fingerprint density at radius 3 is 2.76 bits per heavy atom. The quantitative estimate of drug-likeness (QED) is 0.725. The molecule has 2 aromatic rings. The van der Waals surface area contributed by atoms with Crippen molar-refractivity contribution in [2.45, 2.75) is 39.5 Å². The van der Waals surface area contributed by atoms with Crippen molar-refractivity contribution in [3.8, 4) is 11.6 Å². The molecule has 1 amide bonds. The van der Waals surface area contributed by atoms with Crippen molar-refractivity contribution in [2.75, 3.05) is 6.61 Å². The average Bonchev–Trinajstić information content (AvgIpc) is 3.37. The predicted molar refractivity (Wildman–Crippen MR) is 96.4 cm³/mol. The molecule has 1 heterocycles. The van der Waals surface area contributed by atoms with Gasteiger partial charge in [-0.2, -0.15) is 5.10 Å². The molecule has 0 N–H and O–H groups in total. The number of para-hydroxylation sites is 1. The van der Waals surface area contributed by atoms with E-state index in [-0.39, 0.29) is 11.8 Å². The maximum Gasteiger partial charge on any atom is 0.249 e. The number of hydrogen-bond donors (Lipinski definition) is 0. The normalized spacial score (nSPS) is 19.7. The summed E-state index contributed by atoms with van der Waals surface area (Å²) in [6.45, 7) is 4.86. The van der Waals surface area contributed by atoms with Gasteiger partial charge < -0.3 is 4.74 Å². The second kappa shape index (κ2) is 8.10. The molecule has 0 aliphatic heterocycles. The van der Waals surface area contributed by atoms with Gasteiger partial charge in [0.2, 0.25) is 11.8 Å². The van der Waals surface area contributed by atoms with Crippen LogP contribution in [0.5, 0.6) is 5.88 Å². The molecule has 1 saturated carbocycles. The van der Waals surface area contributed by atoms with E-state index in [4.69, 9.17) is 4.74 Å². The Morgan fingerprint density at radius 2 is 2.08 bits per heavy atom. The van der Waals surface area contributed by atoms with Crippen LogP contribution in [0.2, 0.25) is 0 Å². The molecule has 3 rings (SSSR count). The number of unbranched alkanes of at least 4 members (excludes halogenated alkanes) is 2. The summed E-state index contributed by atoms with van der Waals surface area (Å²) >= 11 is 0. The predicted octanol–water partition coefficient (Wildman–Crippen LogP) is 3.52. The molecule has 132 valence electrons. The molecule has 25 heavy (non-hydrogen) atoms. The standard InChI is InChI=1S/C20H25N3O2/c1-3-4-8-11-25-19-13-16(22-20(24)18-12-15(18)2)14-21-23(19)17-9-6-5-7-10-17/h5-7,9-10,13-15,18H,3-4,8,11-12H2,1-2H3/b22-16+. The first-order valence-corrected chi connectivity index (χ1v) is 9.05. The first-order chi connectivity index (χ1) is 12.2. The topological polar surface area (TPSA) is 56.5 Å². The highest BCUT2D eigenvalue weighted by Gasteiger charge is 2.38. The van der Waals surface area contributed by atoms with E-state index in [2.05, 4.69) is 23.9 Å². The van der Waals surface area contributed by atoms with Crippen molar-refractivity contribution in [2.24, 2.45) is 16.8 Å².